The van der Waals surface area contributed by atoms with Gasteiger partial charge in [0.15, 0.2) is 11.5 Å². The summed E-state index contributed by atoms with van der Waals surface area (Å²) in [7, 11) is 2.89. The molecule has 1 aromatic heterocycles. The second-order valence-corrected chi connectivity index (χ2v) is 7.51. The summed E-state index contributed by atoms with van der Waals surface area (Å²) in [6.45, 7) is 5.16. The number of hydrogen-bond donors (Lipinski definition) is 1. The summed E-state index contributed by atoms with van der Waals surface area (Å²) in [6, 6.07) is 7.08. The van der Waals surface area contributed by atoms with E-state index in [-0.39, 0.29) is 17.4 Å². The highest BCUT2D eigenvalue weighted by molar-refractivity contribution is 6.16. The van der Waals surface area contributed by atoms with E-state index in [1.165, 1.54) is 39.5 Å². The standard InChI is InChI=1S/C24H24FNO6/c1-12(2)32-14-6-7-19(25)17(8-14)23(27)22-16-10-21(31-5)20(30-4)9-15(16)18(11-26-22)13(3)24(28)29/h6-13H,1-5H3,(H,28,29). The lowest BCUT2D eigenvalue weighted by Gasteiger charge is -2.16. The Balaban J connectivity index is 2.26. The van der Waals surface area contributed by atoms with Crippen LogP contribution in [0.25, 0.3) is 10.8 Å². The Morgan fingerprint density at radius 2 is 1.62 bits per heavy atom. The van der Waals surface area contributed by atoms with Gasteiger partial charge in [-0.3, -0.25) is 14.6 Å². The van der Waals surface area contributed by atoms with Gasteiger partial charge in [0.05, 0.1) is 31.8 Å². The number of carbonyl (C=O) groups excluding carboxylic acids is 1. The first-order valence-electron chi connectivity index (χ1n) is 9.96. The first-order valence-corrected chi connectivity index (χ1v) is 9.96. The monoisotopic (exact) mass is 441 g/mol. The maximum atomic E-state index is 14.6. The number of ether oxygens (including phenoxy) is 3. The zero-order valence-corrected chi connectivity index (χ0v) is 18.4. The fourth-order valence-corrected chi connectivity index (χ4v) is 3.40. The molecule has 2 aromatic carbocycles. The Hall–Kier alpha value is -3.68. The molecule has 0 saturated heterocycles. The zero-order valence-electron chi connectivity index (χ0n) is 18.4. The summed E-state index contributed by atoms with van der Waals surface area (Å²) in [5, 5.41) is 10.3. The van der Waals surface area contributed by atoms with Gasteiger partial charge in [-0.2, -0.15) is 0 Å². The molecule has 8 heteroatoms. The molecule has 0 aliphatic heterocycles. The van der Waals surface area contributed by atoms with Crippen LogP contribution in [-0.2, 0) is 4.79 Å². The summed E-state index contributed by atoms with van der Waals surface area (Å²) < 4.78 is 30.9. The van der Waals surface area contributed by atoms with Gasteiger partial charge in [0.2, 0.25) is 5.78 Å². The average molecular weight is 441 g/mol. The van der Waals surface area contributed by atoms with Crippen molar-refractivity contribution in [1.82, 2.24) is 4.98 Å². The van der Waals surface area contributed by atoms with Crippen molar-refractivity contribution in [1.29, 1.82) is 0 Å². The third-order valence-electron chi connectivity index (χ3n) is 5.03. The number of carbonyl (C=O) groups is 2. The Morgan fingerprint density at radius 1 is 1.00 bits per heavy atom. The van der Waals surface area contributed by atoms with Gasteiger partial charge in [-0.15, -0.1) is 0 Å². The minimum absolute atomic E-state index is 0.0390. The van der Waals surface area contributed by atoms with Gasteiger partial charge in [0.1, 0.15) is 17.3 Å². The molecule has 3 rings (SSSR count). The normalized spacial score (nSPS) is 12.0. The molecule has 7 nitrogen and oxygen atoms in total. The number of aliphatic carboxylic acids is 1. The highest BCUT2D eigenvalue weighted by Crippen LogP contribution is 2.37. The maximum Gasteiger partial charge on any atom is 0.310 e. The van der Waals surface area contributed by atoms with Crippen molar-refractivity contribution >= 4 is 22.5 Å². The lowest BCUT2D eigenvalue weighted by molar-refractivity contribution is -0.138. The van der Waals surface area contributed by atoms with Crippen LogP contribution >= 0.6 is 0 Å². The number of ketones is 1. The average Bonchev–Trinajstić information content (AvgIpc) is 2.77. The molecule has 0 saturated carbocycles. The van der Waals surface area contributed by atoms with Crippen molar-refractivity contribution in [2.45, 2.75) is 32.8 Å². The fraction of sp³-hybridized carbons (Fsp3) is 0.292. The Morgan fingerprint density at radius 3 is 2.19 bits per heavy atom. The SMILES string of the molecule is COc1cc2c(C(C)C(=O)O)cnc(C(=O)c3cc(OC(C)C)ccc3F)c2cc1OC. The van der Waals surface area contributed by atoms with Crippen molar-refractivity contribution in [3.05, 3.63) is 59.2 Å². The molecule has 0 radical (unpaired) electrons. The van der Waals surface area contributed by atoms with Crippen LogP contribution in [0, 0.1) is 5.82 Å². The number of fused-ring (bicyclic) bond motifs is 1. The van der Waals surface area contributed by atoms with Crippen LogP contribution < -0.4 is 14.2 Å². The Kier molecular flexibility index (Phi) is 6.62. The van der Waals surface area contributed by atoms with Gasteiger partial charge >= 0.3 is 5.97 Å². The third-order valence-corrected chi connectivity index (χ3v) is 5.03. The highest BCUT2D eigenvalue weighted by Gasteiger charge is 2.25. The number of nitrogens with zero attached hydrogens (tertiary/aromatic N) is 1. The van der Waals surface area contributed by atoms with Gasteiger partial charge in [-0.05, 0) is 62.1 Å². The molecule has 0 bridgehead atoms. The van der Waals surface area contributed by atoms with Gasteiger partial charge in [-0.25, -0.2) is 4.39 Å². The van der Waals surface area contributed by atoms with Gasteiger partial charge in [0, 0.05) is 11.6 Å². The van der Waals surface area contributed by atoms with Crippen LogP contribution in [0.15, 0.2) is 36.5 Å². The summed E-state index contributed by atoms with van der Waals surface area (Å²) >= 11 is 0. The van der Waals surface area contributed by atoms with Crippen molar-refractivity contribution in [2.75, 3.05) is 14.2 Å². The number of benzene rings is 2. The second-order valence-electron chi connectivity index (χ2n) is 7.51. The van der Waals surface area contributed by atoms with Crippen LogP contribution in [-0.4, -0.2) is 42.2 Å². The number of methoxy groups -OCH3 is 2. The molecule has 0 aliphatic carbocycles. The lowest BCUT2D eigenvalue weighted by Crippen LogP contribution is -2.13. The highest BCUT2D eigenvalue weighted by atomic mass is 19.1. The fourth-order valence-electron chi connectivity index (χ4n) is 3.40. The van der Waals surface area contributed by atoms with Crippen molar-refractivity contribution < 1.29 is 33.3 Å². The van der Waals surface area contributed by atoms with Crippen LogP contribution in [0.1, 0.15) is 48.3 Å². The number of carboxylic acids is 1. The molecule has 0 aliphatic rings. The first-order chi connectivity index (χ1) is 15.2. The molecule has 0 amide bonds. The number of pyridine rings is 1. The molecule has 3 aromatic rings. The van der Waals surface area contributed by atoms with Crippen molar-refractivity contribution in [3.63, 3.8) is 0 Å². The van der Waals surface area contributed by atoms with E-state index >= 15 is 0 Å². The summed E-state index contributed by atoms with van der Waals surface area (Å²) in [6.07, 6.45) is 1.17. The minimum atomic E-state index is -1.05. The predicted molar refractivity (Wildman–Crippen MR) is 116 cm³/mol. The molecule has 1 unspecified atom stereocenters. The second kappa shape index (κ2) is 9.21. The van der Waals surface area contributed by atoms with E-state index in [0.29, 0.717) is 33.6 Å². The van der Waals surface area contributed by atoms with E-state index in [1.54, 1.807) is 12.1 Å². The molecule has 0 fully saturated rings. The molecule has 1 N–H and O–H groups in total. The Bertz CT molecular complexity index is 1190. The smallest absolute Gasteiger partial charge is 0.310 e. The zero-order chi connectivity index (χ0) is 23.6. The number of halogens is 1. The molecule has 1 heterocycles. The van der Waals surface area contributed by atoms with Crippen LogP contribution in [0.2, 0.25) is 0 Å². The van der Waals surface area contributed by atoms with E-state index in [0.717, 1.165) is 6.07 Å². The summed E-state index contributed by atoms with van der Waals surface area (Å²) in [5.74, 6) is -2.29. The van der Waals surface area contributed by atoms with E-state index in [4.69, 9.17) is 14.2 Å². The molecular formula is C24H24FNO6. The number of hydrogen-bond acceptors (Lipinski definition) is 6. The minimum Gasteiger partial charge on any atom is -0.493 e. The van der Waals surface area contributed by atoms with Crippen LogP contribution in [0.4, 0.5) is 4.39 Å². The van der Waals surface area contributed by atoms with Crippen molar-refractivity contribution in [3.8, 4) is 17.2 Å². The predicted octanol–water partition coefficient (Wildman–Crippen LogP) is 4.60. The van der Waals surface area contributed by atoms with E-state index in [1.807, 2.05) is 13.8 Å². The van der Waals surface area contributed by atoms with Gasteiger partial charge in [0.25, 0.3) is 0 Å². The Labute approximate surface area is 184 Å². The van der Waals surface area contributed by atoms with Gasteiger partial charge in [-0.1, -0.05) is 0 Å². The number of rotatable bonds is 8. The lowest BCUT2D eigenvalue weighted by atomic mass is 9.93. The maximum absolute atomic E-state index is 14.6. The summed E-state index contributed by atoms with van der Waals surface area (Å²) in [5.41, 5.74) is 0.149. The number of aromatic nitrogens is 1. The van der Waals surface area contributed by atoms with Crippen LogP contribution in [0.3, 0.4) is 0 Å². The van der Waals surface area contributed by atoms with Crippen LogP contribution in [0.5, 0.6) is 17.2 Å². The van der Waals surface area contributed by atoms with E-state index < -0.39 is 23.5 Å². The van der Waals surface area contributed by atoms with E-state index in [2.05, 4.69) is 4.98 Å². The number of carboxylic acid groups (broad SMARTS) is 1. The molecule has 32 heavy (non-hydrogen) atoms. The van der Waals surface area contributed by atoms with Crippen molar-refractivity contribution in [2.24, 2.45) is 0 Å². The van der Waals surface area contributed by atoms with Gasteiger partial charge < -0.3 is 19.3 Å². The quantitative estimate of drug-likeness (QED) is 0.511. The molecule has 0 spiro atoms. The topological polar surface area (TPSA) is 95.0 Å². The third kappa shape index (κ3) is 4.34. The molecule has 168 valence electrons. The molecule has 1 atom stereocenters. The first kappa shape index (κ1) is 23.0. The van der Waals surface area contributed by atoms with E-state index in [9.17, 15) is 19.1 Å². The summed E-state index contributed by atoms with van der Waals surface area (Å²) in [4.78, 5) is 29.2. The largest absolute Gasteiger partial charge is 0.493 e. The molecular weight excluding hydrogens is 417 g/mol.